The second-order valence-corrected chi connectivity index (χ2v) is 11.3. The number of carbonyl (C=O) groups is 2. The van der Waals surface area contributed by atoms with Crippen molar-refractivity contribution < 1.29 is 9.59 Å². The summed E-state index contributed by atoms with van der Waals surface area (Å²) < 4.78 is 0. The Labute approximate surface area is 223 Å². The molecule has 0 aliphatic carbocycles. The molecule has 0 saturated heterocycles. The Morgan fingerprint density at radius 1 is 0.838 bits per heavy atom. The van der Waals surface area contributed by atoms with Crippen LogP contribution in [0.4, 0.5) is 0 Å². The number of nitrogens with one attached hydrogen (secondary N) is 1. The second kappa shape index (κ2) is 12.7. The van der Waals surface area contributed by atoms with Crippen LogP contribution < -0.4 is 5.32 Å². The van der Waals surface area contributed by atoms with Gasteiger partial charge in [0.2, 0.25) is 11.8 Å². The van der Waals surface area contributed by atoms with Crippen LogP contribution in [0.3, 0.4) is 0 Å². The third-order valence-corrected chi connectivity index (χ3v) is 6.58. The van der Waals surface area contributed by atoms with Crippen molar-refractivity contribution in [1.29, 1.82) is 0 Å². The molecule has 0 saturated carbocycles. The molecule has 0 bridgehead atoms. The van der Waals surface area contributed by atoms with Gasteiger partial charge in [0.25, 0.3) is 0 Å². The van der Waals surface area contributed by atoms with Crippen LogP contribution >= 0.6 is 0 Å². The molecule has 0 heterocycles. The highest BCUT2D eigenvalue weighted by molar-refractivity contribution is 5.88. The normalized spacial score (nSPS) is 12.3. The summed E-state index contributed by atoms with van der Waals surface area (Å²) in [5.41, 5.74) is 5.69. The number of nitrogens with zero attached hydrogens (tertiary/aromatic N) is 1. The Kier molecular flexibility index (Phi) is 9.68. The van der Waals surface area contributed by atoms with Gasteiger partial charge in [-0.2, -0.15) is 0 Å². The number of hydrogen-bond acceptors (Lipinski definition) is 2. The van der Waals surface area contributed by atoms with E-state index in [1.54, 1.807) is 4.90 Å². The maximum atomic E-state index is 13.8. The highest BCUT2D eigenvalue weighted by Gasteiger charge is 2.30. The zero-order valence-electron chi connectivity index (χ0n) is 23.3. The topological polar surface area (TPSA) is 49.4 Å². The van der Waals surface area contributed by atoms with Crippen molar-refractivity contribution in [3.8, 4) is 0 Å². The van der Waals surface area contributed by atoms with E-state index in [-0.39, 0.29) is 23.3 Å². The molecule has 196 valence electrons. The Balaban J connectivity index is 1.88. The van der Waals surface area contributed by atoms with Crippen LogP contribution in [0.15, 0.2) is 78.9 Å². The summed E-state index contributed by atoms with van der Waals surface area (Å²) in [6, 6.07) is 26.0. The van der Waals surface area contributed by atoms with E-state index in [1.165, 1.54) is 5.56 Å². The van der Waals surface area contributed by atoms with E-state index in [2.05, 4.69) is 56.4 Å². The van der Waals surface area contributed by atoms with E-state index in [4.69, 9.17) is 0 Å². The highest BCUT2D eigenvalue weighted by atomic mass is 16.2. The second-order valence-electron chi connectivity index (χ2n) is 11.3. The van der Waals surface area contributed by atoms with Crippen LogP contribution in [-0.2, 0) is 34.4 Å². The molecular formula is C33H42N2O2. The predicted octanol–water partition coefficient (Wildman–Crippen LogP) is 6.39. The summed E-state index contributed by atoms with van der Waals surface area (Å²) in [5.74, 6) is -0.129. The Morgan fingerprint density at radius 2 is 1.49 bits per heavy atom. The van der Waals surface area contributed by atoms with Gasteiger partial charge in [0.05, 0.1) is 0 Å². The average Bonchev–Trinajstić information content (AvgIpc) is 2.84. The monoisotopic (exact) mass is 498 g/mol. The minimum atomic E-state index is -0.596. The van der Waals surface area contributed by atoms with Crippen LogP contribution in [-0.4, -0.2) is 28.8 Å². The lowest BCUT2D eigenvalue weighted by Gasteiger charge is -2.32. The van der Waals surface area contributed by atoms with Gasteiger partial charge in [-0.15, -0.1) is 0 Å². The minimum absolute atomic E-state index is 0.0111. The Hall–Kier alpha value is -3.40. The SMILES string of the molecule is Cc1cccc(CN(C(=O)CCc2ccc(C(C)(C)C)cc2)[C@H](Cc2ccccc2)C(=O)NC(C)C)c1. The van der Waals surface area contributed by atoms with Crippen molar-refractivity contribution >= 4 is 11.8 Å². The van der Waals surface area contributed by atoms with E-state index >= 15 is 0 Å². The summed E-state index contributed by atoms with van der Waals surface area (Å²) in [4.78, 5) is 29.0. The molecule has 4 heteroatoms. The van der Waals surface area contributed by atoms with E-state index in [1.807, 2.05) is 69.3 Å². The number of hydrogen-bond donors (Lipinski definition) is 1. The first-order chi connectivity index (χ1) is 17.5. The van der Waals surface area contributed by atoms with Crippen molar-refractivity contribution in [3.63, 3.8) is 0 Å². The van der Waals surface area contributed by atoms with Gasteiger partial charge in [0.1, 0.15) is 6.04 Å². The number of amides is 2. The quantitative estimate of drug-likeness (QED) is 0.352. The predicted molar refractivity (Wildman–Crippen MR) is 152 cm³/mol. The molecule has 0 aromatic heterocycles. The lowest BCUT2D eigenvalue weighted by atomic mass is 9.86. The van der Waals surface area contributed by atoms with Crippen LogP contribution in [0.5, 0.6) is 0 Å². The highest BCUT2D eigenvalue weighted by Crippen LogP contribution is 2.23. The van der Waals surface area contributed by atoms with Crippen molar-refractivity contribution in [3.05, 3.63) is 107 Å². The van der Waals surface area contributed by atoms with E-state index in [0.717, 1.165) is 22.3 Å². The fourth-order valence-electron chi connectivity index (χ4n) is 4.51. The molecule has 1 N–H and O–H groups in total. The number of carbonyl (C=O) groups excluding carboxylic acids is 2. The molecule has 37 heavy (non-hydrogen) atoms. The van der Waals surface area contributed by atoms with Crippen LogP contribution in [0, 0.1) is 6.92 Å². The maximum absolute atomic E-state index is 13.8. The molecule has 0 aliphatic rings. The summed E-state index contributed by atoms with van der Waals surface area (Å²) in [7, 11) is 0. The van der Waals surface area contributed by atoms with Crippen molar-refractivity contribution in [1.82, 2.24) is 10.2 Å². The van der Waals surface area contributed by atoms with Gasteiger partial charge < -0.3 is 10.2 Å². The van der Waals surface area contributed by atoms with Crippen LogP contribution in [0.25, 0.3) is 0 Å². The third-order valence-electron chi connectivity index (χ3n) is 6.58. The van der Waals surface area contributed by atoms with Gasteiger partial charge in [0.15, 0.2) is 0 Å². The fraction of sp³-hybridized carbons (Fsp3) is 0.394. The number of benzene rings is 3. The first-order valence-electron chi connectivity index (χ1n) is 13.3. The smallest absolute Gasteiger partial charge is 0.243 e. The molecule has 0 aliphatic heterocycles. The molecule has 0 radical (unpaired) electrons. The van der Waals surface area contributed by atoms with E-state index in [0.29, 0.717) is 25.8 Å². The van der Waals surface area contributed by atoms with Gasteiger partial charge in [-0.25, -0.2) is 0 Å². The number of rotatable bonds is 10. The Morgan fingerprint density at radius 3 is 2.08 bits per heavy atom. The molecule has 4 nitrogen and oxygen atoms in total. The molecule has 3 aromatic carbocycles. The largest absolute Gasteiger partial charge is 0.352 e. The van der Waals surface area contributed by atoms with Gasteiger partial charge in [-0.3, -0.25) is 9.59 Å². The van der Waals surface area contributed by atoms with Gasteiger partial charge in [-0.1, -0.05) is 105 Å². The standard InChI is InChI=1S/C33H42N2O2/c1-24(2)34-32(37)30(22-27-12-8-7-9-13-27)35(23-28-14-10-11-25(3)21-28)31(36)20-17-26-15-18-29(19-16-26)33(4,5)6/h7-16,18-19,21,24,30H,17,20,22-23H2,1-6H3,(H,34,37)/t30-/m1/s1. The lowest BCUT2D eigenvalue weighted by Crippen LogP contribution is -2.51. The molecule has 1 atom stereocenters. The molecule has 0 spiro atoms. The van der Waals surface area contributed by atoms with Crippen molar-refractivity contribution in [2.24, 2.45) is 0 Å². The first-order valence-corrected chi connectivity index (χ1v) is 13.3. The molecule has 0 fully saturated rings. The zero-order valence-corrected chi connectivity index (χ0v) is 23.3. The summed E-state index contributed by atoms with van der Waals surface area (Å²) in [6.45, 7) is 12.9. The van der Waals surface area contributed by atoms with Crippen LogP contribution in [0.1, 0.15) is 68.9 Å². The third kappa shape index (κ3) is 8.59. The maximum Gasteiger partial charge on any atom is 0.243 e. The minimum Gasteiger partial charge on any atom is -0.352 e. The zero-order chi connectivity index (χ0) is 27.0. The Bertz CT molecular complexity index is 1160. The van der Waals surface area contributed by atoms with Crippen molar-refractivity contribution in [2.75, 3.05) is 0 Å². The number of aryl methyl sites for hydroxylation is 2. The summed E-state index contributed by atoms with van der Waals surface area (Å²) in [6.07, 6.45) is 1.45. The summed E-state index contributed by atoms with van der Waals surface area (Å²) >= 11 is 0. The molecule has 3 aromatic rings. The molecular weight excluding hydrogens is 456 g/mol. The van der Waals surface area contributed by atoms with Crippen LogP contribution in [0.2, 0.25) is 0 Å². The van der Waals surface area contributed by atoms with E-state index in [9.17, 15) is 9.59 Å². The van der Waals surface area contributed by atoms with Gasteiger partial charge in [-0.05, 0) is 54.9 Å². The van der Waals surface area contributed by atoms with Crippen molar-refractivity contribution in [2.45, 2.75) is 84.8 Å². The molecule has 0 unspecified atom stereocenters. The van der Waals surface area contributed by atoms with E-state index < -0.39 is 6.04 Å². The fourth-order valence-corrected chi connectivity index (χ4v) is 4.51. The molecule has 3 rings (SSSR count). The molecule has 2 amide bonds. The summed E-state index contributed by atoms with van der Waals surface area (Å²) in [5, 5.41) is 3.06. The van der Waals surface area contributed by atoms with Gasteiger partial charge in [0, 0.05) is 25.4 Å². The van der Waals surface area contributed by atoms with Gasteiger partial charge >= 0.3 is 0 Å². The lowest BCUT2D eigenvalue weighted by molar-refractivity contribution is -0.141. The first kappa shape index (κ1) is 28.2. The average molecular weight is 499 g/mol.